The minimum Gasteiger partial charge on any atom is -0.427 e. The molecule has 1 fully saturated rings. The summed E-state index contributed by atoms with van der Waals surface area (Å²) in [6.07, 6.45) is 5.92. The first-order chi connectivity index (χ1) is 11.5. The number of rotatable bonds is 4. The van der Waals surface area contributed by atoms with Crippen molar-refractivity contribution in [1.82, 2.24) is 5.32 Å². The van der Waals surface area contributed by atoms with Crippen LogP contribution in [0.4, 0.5) is 0 Å². The van der Waals surface area contributed by atoms with E-state index in [1.165, 1.54) is 13.3 Å². The van der Waals surface area contributed by atoms with Crippen molar-refractivity contribution >= 4 is 18.0 Å². The van der Waals surface area contributed by atoms with Gasteiger partial charge in [-0.1, -0.05) is 31.9 Å². The molecule has 24 heavy (non-hydrogen) atoms. The molecule has 0 bridgehead atoms. The normalized spacial score (nSPS) is 20.8. The van der Waals surface area contributed by atoms with E-state index >= 15 is 0 Å². The molecule has 0 radical (unpaired) electrons. The molecule has 0 heterocycles. The fraction of sp³-hybridized carbons (Fsp3) is 0.421. The summed E-state index contributed by atoms with van der Waals surface area (Å²) in [5, 5.41) is 12.3. The zero-order valence-electron chi connectivity index (χ0n) is 14.0. The molecule has 1 aliphatic rings. The van der Waals surface area contributed by atoms with E-state index < -0.39 is 5.97 Å². The Morgan fingerprint density at radius 1 is 1.25 bits per heavy atom. The van der Waals surface area contributed by atoms with E-state index in [1.54, 1.807) is 30.3 Å². The second-order valence-electron chi connectivity index (χ2n) is 6.17. The van der Waals surface area contributed by atoms with Crippen molar-refractivity contribution in [3.8, 4) is 11.8 Å². The third-order valence-electron chi connectivity index (χ3n) is 4.25. The minimum atomic E-state index is -0.392. The topological polar surface area (TPSA) is 79.2 Å². The Balaban J connectivity index is 2.06. The lowest BCUT2D eigenvalue weighted by molar-refractivity contribution is -0.131. The first kappa shape index (κ1) is 17.7. The fourth-order valence-corrected chi connectivity index (χ4v) is 2.89. The first-order valence-electron chi connectivity index (χ1n) is 8.20. The number of ether oxygens (including phenoxy) is 1. The number of esters is 1. The van der Waals surface area contributed by atoms with Crippen LogP contribution in [-0.2, 0) is 9.59 Å². The van der Waals surface area contributed by atoms with Crippen LogP contribution in [-0.4, -0.2) is 17.9 Å². The molecule has 1 saturated carbocycles. The Hall–Kier alpha value is -2.61. The highest BCUT2D eigenvalue weighted by Gasteiger charge is 2.23. The van der Waals surface area contributed by atoms with Crippen molar-refractivity contribution in [2.45, 2.75) is 45.6 Å². The summed E-state index contributed by atoms with van der Waals surface area (Å²) in [7, 11) is 0. The molecule has 2 rings (SSSR count). The average Bonchev–Trinajstić information content (AvgIpc) is 2.55. The molecule has 0 aliphatic heterocycles. The number of nitrogens with one attached hydrogen (secondary N) is 1. The van der Waals surface area contributed by atoms with Gasteiger partial charge in [-0.25, -0.2) is 0 Å². The lowest BCUT2D eigenvalue weighted by Gasteiger charge is -2.29. The molecule has 0 spiro atoms. The molecule has 126 valence electrons. The van der Waals surface area contributed by atoms with Crippen LogP contribution >= 0.6 is 0 Å². The monoisotopic (exact) mass is 326 g/mol. The Labute approximate surface area is 142 Å². The van der Waals surface area contributed by atoms with Crippen molar-refractivity contribution < 1.29 is 14.3 Å². The highest BCUT2D eigenvalue weighted by Crippen LogP contribution is 2.24. The summed E-state index contributed by atoms with van der Waals surface area (Å²) in [4.78, 5) is 23.2. The zero-order chi connectivity index (χ0) is 17.5. The summed E-state index contributed by atoms with van der Waals surface area (Å²) in [5.74, 6) is 0.140. The summed E-state index contributed by atoms with van der Waals surface area (Å²) in [5.41, 5.74) is 0.780. The lowest BCUT2D eigenvalue weighted by atomic mass is 9.86. The summed E-state index contributed by atoms with van der Waals surface area (Å²) < 4.78 is 4.96. The Morgan fingerprint density at radius 2 is 1.92 bits per heavy atom. The van der Waals surface area contributed by atoms with Gasteiger partial charge in [-0.2, -0.15) is 5.26 Å². The van der Waals surface area contributed by atoms with Crippen LogP contribution < -0.4 is 10.1 Å². The van der Waals surface area contributed by atoms with E-state index in [4.69, 9.17) is 4.74 Å². The number of hydrogen-bond acceptors (Lipinski definition) is 4. The molecule has 1 aromatic carbocycles. The predicted molar refractivity (Wildman–Crippen MR) is 90.9 cm³/mol. The SMILES string of the molecule is CC(=O)Oc1ccc(/C=C(\C#N)C(=O)N[C@H]2CCCC[C@H]2C)cc1. The second-order valence-corrected chi connectivity index (χ2v) is 6.17. The summed E-state index contributed by atoms with van der Waals surface area (Å²) in [6.45, 7) is 3.46. The lowest BCUT2D eigenvalue weighted by Crippen LogP contribution is -2.41. The van der Waals surface area contributed by atoms with E-state index in [9.17, 15) is 14.9 Å². The molecule has 0 unspecified atom stereocenters. The van der Waals surface area contributed by atoms with E-state index in [1.807, 2.05) is 6.07 Å². The van der Waals surface area contributed by atoms with Crippen LogP contribution in [0.2, 0.25) is 0 Å². The smallest absolute Gasteiger partial charge is 0.308 e. The maximum Gasteiger partial charge on any atom is 0.308 e. The molecule has 0 aromatic heterocycles. The highest BCUT2D eigenvalue weighted by molar-refractivity contribution is 6.01. The van der Waals surface area contributed by atoms with Gasteiger partial charge in [0.15, 0.2) is 0 Å². The van der Waals surface area contributed by atoms with Gasteiger partial charge in [0, 0.05) is 13.0 Å². The number of nitriles is 1. The Kier molecular flexibility index (Phi) is 6.14. The van der Waals surface area contributed by atoms with Crippen LogP contribution in [0.5, 0.6) is 5.75 Å². The molecule has 0 saturated heterocycles. The molecule has 1 aromatic rings. The molecule has 1 aliphatic carbocycles. The third-order valence-corrected chi connectivity index (χ3v) is 4.25. The Morgan fingerprint density at radius 3 is 2.50 bits per heavy atom. The number of hydrogen-bond donors (Lipinski definition) is 1. The first-order valence-corrected chi connectivity index (χ1v) is 8.20. The van der Waals surface area contributed by atoms with Gasteiger partial charge in [-0.15, -0.1) is 0 Å². The second kappa shape index (κ2) is 8.30. The number of nitrogens with zero attached hydrogens (tertiary/aromatic N) is 1. The third kappa shape index (κ3) is 4.95. The number of carbonyl (C=O) groups excluding carboxylic acids is 2. The predicted octanol–water partition coefficient (Wildman–Crippen LogP) is 3.21. The standard InChI is InChI=1S/C19H22N2O3/c1-13-5-3-4-6-18(13)21-19(23)16(12-20)11-15-7-9-17(10-8-15)24-14(2)22/h7-11,13,18H,3-6H2,1-2H3,(H,21,23)/b16-11+/t13-,18+/m1/s1. The van der Waals surface area contributed by atoms with Gasteiger partial charge in [-0.05, 0) is 42.5 Å². The van der Waals surface area contributed by atoms with Crippen molar-refractivity contribution in [1.29, 1.82) is 5.26 Å². The van der Waals surface area contributed by atoms with Gasteiger partial charge < -0.3 is 10.1 Å². The van der Waals surface area contributed by atoms with Crippen LogP contribution in [0.1, 0.15) is 45.1 Å². The van der Waals surface area contributed by atoms with Crippen LogP contribution in [0.15, 0.2) is 29.8 Å². The average molecular weight is 326 g/mol. The van der Waals surface area contributed by atoms with Crippen molar-refractivity contribution in [2.24, 2.45) is 5.92 Å². The number of amides is 1. The van der Waals surface area contributed by atoms with Crippen molar-refractivity contribution in [3.63, 3.8) is 0 Å². The maximum atomic E-state index is 12.3. The maximum absolute atomic E-state index is 12.3. The largest absolute Gasteiger partial charge is 0.427 e. The summed E-state index contributed by atoms with van der Waals surface area (Å²) >= 11 is 0. The molecular weight excluding hydrogens is 304 g/mol. The van der Waals surface area contributed by atoms with Crippen molar-refractivity contribution in [2.75, 3.05) is 0 Å². The van der Waals surface area contributed by atoms with Gasteiger partial charge >= 0.3 is 5.97 Å². The van der Waals surface area contributed by atoms with Gasteiger partial charge in [0.1, 0.15) is 17.4 Å². The van der Waals surface area contributed by atoms with Crippen molar-refractivity contribution in [3.05, 3.63) is 35.4 Å². The van der Waals surface area contributed by atoms with E-state index in [0.29, 0.717) is 17.2 Å². The quantitative estimate of drug-likeness (QED) is 0.399. The Bertz CT molecular complexity index is 671. The van der Waals surface area contributed by atoms with Gasteiger partial charge in [0.2, 0.25) is 0 Å². The van der Waals surface area contributed by atoms with Crippen LogP contribution in [0.3, 0.4) is 0 Å². The summed E-state index contributed by atoms with van der Waals surface area (Å²) in [6, 6.07) is 8.76. The van der Waals surface area contributed by atoms with E-state index in [2.05, 4.69) is 12.2 Å². The van der Waals surface area contributed by atoms with Crippen LogP contribution in [0, 0.1) is 17.2 Å². The minimum absolute atomic E-state index is 0.0769. The molecule has 5 heteroatoms. The molecule has 1 amide bonds. The molecular formula is C19H22N2O3. The molecule has 1 N–H and O–H groups in total. The van der Waals surface area contributed by atoms with Gasteiger partial charge in [-0.3, -0.25) is 9.59 Å². The number of benzene rings is 1. The van der Waals surface area contributed by atoms with E-state index in [-0.39, 0.29) is 17.5 Å². The molecule has 5 nitrogen and oxygen atoms in total. The fourth-order valence-electron chi connectivity index (χ4n) is 2.89. The van der Waals surface area contributed by atoms with Crippen LogP contribution in [0.25, 0.3) is 6.08 Å². The zero-order valence-corrected chi connectivity index (χ0v) is 14.0. The molecule has 2 atom stereocenters. The number of carbonyl (C=O) groups is 2. The van der Waals surface area contributed by atoms with Gasteiger partial charge in [0.25, 0.3) is 5.91 Å². The van der Waals surface area contributed by atoms with Gasteiger partial charge in [0.05, 0.1) is 0 Å². The van der Waals surface area contributed by atoms with E-state index in [0.717, 1.165) is 19.3 Å². The highest BCUT2D eigenvalue weighted by atomic mass is 16.5.